The number of hydrogen-bond donors (Lipinski definition) is 1. The van der Waals surface area contributed by atoms with Crippen molar-refractivity contribution in [1.82, 2.24) is 0 Å². The summed E-state index contributed by atoms with van der Waals surface area (Å²) in [5.74, 6) is -2.42. The van der Waals surface area contributed by atoms with Gasteiger partial charge < -0.3 is 9.84 Å². The molecule has 0 radical (unpaired) electrons. The van der Waals surface area contributed by atoms with Gasteiger partial charge in [0.2, 0.25) is 0 Å². The number of carboxylic acids is 1. The first-order chi connectivity index (χ1) is 5.61. The smallest absolute Gasteiger partial charge is 0.417 e. The molecule has 0 heterocycles. The number of carbonyl (C=O) groups excluding carboxylic acids is 1. The first-order valence-electron chi connectivity index (χ1n) is 4.01. The Labute approximate surface area is 71.5 Å². The Bertz CT molecular complexity index is 160. The van der Waals surface area contributed by atoms with E-state index < -0.39 is 11.9 Å². The maximum atomic E-state index is 10.5. The number of carbonyl (C=O) groups is 2. The van der Waals surface area contributed by atoms with Crippen LogP contribution >= 0.6 is 0 Å². The number of carboxylic acid groups (broad SMARTS) is 1. The second-order valence-electron chi connectivity index (χ2n) is 2.59. The van der Waals surface area contributed by atoms with Crippen molar-refractivity contribution in [3.05, 3.63) is 0 Å². The Morgan fingerprint density at radius 2 is 1.83 bits per heavy atom. The van der Waals surface area contributed by atoms with Gasteiger partial charge in [0.25, 0.3) is 0 Å². The van der Waals surface area contributed by atoms with E-state index in [2.05, 4.69) is 4.74 Å². The van der Waals surface area contributed by atoms with Gasteiger partial charge in [-0.3, -0.25) is 0 Å². The molecule has 70 valence electrons. The summed E-state index contributed by atoms with van der Waals surface area (Å²) in [7, 11) is 0. The minimum atomic E-state index is -1.53. The molecule has 0 rings (SSSR count). The maximum Gasteiger partial charge on any atom is 0.417 e. The van der Waals surface area contributed by atoms with Crippen LogP contribution in [0.5, 0.6) is 0 Å². The summed E-state index contributed by atoms with van der Waals surface area (Å²) >= 11 is 0. The van der Waals surface area contributed by atoms with Gasteiger partial charge in [-0.1, -0.05) is 26.7 Å². The number of hydrogen-bond acceptors (Lipinski definition) is 3. The zero-order valence-electron chi connectivity index (χ0n) is 7.37. The average molecular weight is 174 g/mol. The van der Waals surface area contributed by atoms with Crippen LogP contribution in [0.3, 0.4) is 0 Å². The highest BCUT2D eigenvalue weighted by Crippen LogP contribution is 2.07. The fraction of sp³-hybridized carbons (Fsp3) is 0.750. The summed E-state index contributed by atoms with van der Waals surface area (Å²) in [5.41, 5.74) is 0. The van der Waals surface area contributed by atoms with Crippen molar-refractivity contribution in [2.45, 2.75) is 26.7 Å². The van der Waals surface area contributed by atoms with Gasteiger partial charge >= 0.3 is 11.9 Å². The van der Waals surface area contributed by atoms with Gasteiger partial charge in [0.1, 0.15) is 0 Å². The Morgan fingerprint density at radius 1 is 1.33 bits per heavy atom. The minimum Gasteiger partial charge on any atom is -0.473 e. The van der Waals surface area contributed by atoms with E-state index in [-0.39, 0.29) is 12.5 Å². The molecular formula is C8H14O4. The van der Waals surface area contributed by atoms with Gasteiger partial charge in [0.05, 0.1) is 6.61 Å². The summed E-state index contributed by atoms with van der Waals surface area (Å²) in [6.45, 7) is 4.16. The van der Waals surface area contributed by atoms with Crippen LogP contribution in [-0.4, -0.2) is 23.7 Å². The molecule has 0 aliphatic heterocycles. The van der Waals surface area contributed by atoms with Crippen molar-refractivity contribution in [3.8, 4) is 0 Å². The largest absolute Gasteiger partial charge is 0.473 e. The van der Waals surface area contributed by atoms with Gasteiger partial charge in [-0.2, -0.15) is 0 Å². The van der Waals surface area contributed by atoms with Crippen LogP contribution in [0.15, 0.2) is 0 Å². The van der Waals surface area contributed by atoms with Gasteiger partial charge in [0.15, 0.2) is 0 Å². The molecule has 0 aliphatic rings. The van der Waals surface area contributed by atoms with E-state index in [4.69, 9.17) is 5.11 Å². The molecule has 0 atom stereocenters. The molecule has 0 aromatic heterocycles. The molecule has 0 spiro atoms. The molecule has 0 fully saturated rings. The van der Waals surface area contributed by atoms with Crippen molar-refractivity contribution >= 4 is 11.9 Å². The fourth-order valence-corrected chi connectivity index (χ4v) is 0.780. The normalized spacial score (nSPS) is 9.92. The highest BCUT2D eigenvalue weighted by molar-refractivity contribution is 6.28. The van der Waals surface area contributed by atoms with Gasteiger partial charge in [-0.05, 0) is 5.92 Å². The van der Waals surface area contributed by atoms with Gasteiger partial charge in [-0.15, -0.1) is 0 Å². The molecule has 0 aromatic carbocycles. The SMILES string of the molecule is CCC(CC)COC(=O)C(=O)O. The van der Waals surface area contributed by atoms with E-state index in [0.29, 0.717) is 0 Å². The standard InChI is InChI=1S/C8H14O4/c1-3-6(4-2)5-12-8(11)7(9)10/h6H,3-5H2,1-2H3,(H,9,10). The average Bonchev–Trinajstić information content (AvgIpc) is 2.05. The minimum absolute atomic E-state index is 0.206. The second kappa shape index (κ2) is 5.57. The number of aliphatic carboxylic acids is 1. The first-order valence-corrected chi connectivity index (χ1v) is 4.01. The Kier molecular flexibility index (Phi) is 5.08. The third kappa shape index (κ3) is 3.95. The first kappa shape index (κ1) is 10.9. The summed E-state index contributed by atoms with van der Waals surface area (Å²) in [6, 6.07) is 0. The van der Waals surface area contributed by atoms with E-state index in [1.807, 2.05) is 13.8 Å². The molecule has 0 saturated heterocycles. The Hall–Kier alpha value is -1.06. The molecular weight excluding hydrogens is 160 g/mol. The van der Waals surface area contributed by atoms with E-state index in [1.54, 1.807) is 0 Å². The van der Waals surface area contributed by atoms with Crippen LogP contribution in [0, 0.1) is 5.92 Å². The van der Waals surface area contributed by atoms with Crippen molar-refractivity contribution in [2.24, 2.45) is 5.92 Å². The van der Waals surface area contributed by atoms with Crippen molar-refractivity contribution in [1.29, 1.82) is 0 Å². The molecule has 1 N–H and O–H groups in total. The van der Waals surface area contributed by atoms with Gasteiger partial charge in [-0.25, -0.2) is 9.59 Å². The van der Waals surface area contributed by atoms with E-state index in [9.17, 15) is 9.59 Å². The van der Waals surface area contributed by atoms with Crippen LogP contribution in [0.25, 0.3) is 0 Å². The Balaban J connectivity index is 3.66. The van der Waals surface area contributed by atoms with Crippen molar-refractivity contribution in [2.75, 3.05) is 6.61 Å². The molecule has 4 heteroatoms. The lowest BCUT2D eigenvalue weighted by molar-refractivity contribution is -0.164. The van der Waals surface area contributed by atoms with E-state index in [0.717, 1.165) is 12.8 Å². The van der Waals surface area contributed by atoms with Gasteiger partial charge in [0, 0.05) is 0 Å². The maximum absolute atomic E-state index is 10.5. The lowest BCUT2D eigenvalue weighted by Crippen LogP contribution is -2.20. The van der Waals surface area contributed by atoms with E-state index in [1.165, 1.54) is 0 Å². The fourth-order valence-electron chi connectivity index (χ4n) is 0.780. The zero-order chi connectivity index (χ0) is 9.56. The zero-order valence-corrected chi connectivity index (χ0v) is 7.37. The predicted octanol–water partition coefficient (Wildman–Crippen LogP) is 1.05. The molecule has 0 bridgehead atoms. The highest BCUT2D eigenvalue weighted by Gasteiger charge is 2.14. The van der Waals surface area contributed by atoms with Crippen LogP contribution in [0.1, 0.15) is 26.7 Å². The summed E-state index contributed by atoms with van der Waals surface area (Å²) in [4.78, 5) is 20.5. The molecule has 4 nitrogen and oxygen atoms in total. The van der Waals surface area contributed by atoms with Crippen molar-refractivity contribution < 1.29 is 19.4 Å². The molecule has 0 aromatic rings. The Morgan fingerprint density at radius 3 is 2.17 bits per heavy atom. The lowest BCUT2D eigenvalue weighted by Gasteiger charge is -2.10. The third-order valence-corrected chi connectivity index (χ3v) is 1.78. The number of rotatable bonds is 4. The molecule has 0 saturated carbocycles. The van der Waals surface area contributed by atoms with Crippen LogP contribution in [-0.2, 0) is 14.3 Å². The van der Waals surface area contributed by atoms with Crippen molar-refractivity contribution in [3.63, 3.8) is 0 Å². The lowest BCUT2D eigenvalue weighted by atomic mass is 10.1. The highest BCUT2D eigenvalue weighted by atomic mass is 16.6. The van der Waals surface area contributed by atoms with Crippen LogP contribution in [0.4, 0.5) is 0 Å². The quantitative estimate of drug-likeness (QED) is 0.511. The summed E-state index contributed by atoms with van der Waals surface area (Å²) in [5, 5.41) is 8.17. The third-order valence-electron chi connectivity index (χ3n) is 1.78. The number of ether oxygens (including phenoxy) is 1. The molecule has 0 unspecified atom stereocenters. The second-order valence-corrected chi connectivity index (χ2v) is 2.59. The molecule has 0 amide bonds. The molecule has 12 heavy (non-hydrogen) atoms. The molecule has 0 aliphatic carbocycles. The van der Waals surface area contributed by atoms with E-state index >= 15 is 0 Å². The summed E-state index contributed by atoms with van der Waals surface area (Å²) in [6.07, 6.45) is 1.78. The number of esters is 1. The monoisotopic (exact) mass is 174 g/mol. The predicted molar refractivity (Wildman–Crippen MR) is 42.7 cm³/mol. The summed E-state index contributed by atoms with van der Waals surface area (Å²) < 4.78 is 4.51. The van der Waals surface area contributed by atoms with Crippen LogP contribution in [0.2, 0.25) is 0 Å². The van der Waals surface area contributed by atoms with Crippen LogP contribution < -0.4 is 0 Å². The topological polar surface area (TPSA) is 63.6 Å².